The summed E-state index contributed by atoms with van der Waals surface area (Å²) < 4.78 is 34.2. The van der Waals surface area contributed by atoms with Gasteiger partial charge in [-0.1, -0.05) is 41.5 Å². The van der Waals surface area contributed by atoms with E-state index in [1.807, 2.05) is 69.1 Å². The van der Waals surface area contributed by atoms with E-state index in [1.165, 1.54) is 5.01 Å². The maximum Gasteiger partial charge on any atom is 0.370 e. The average molecular weight is 515 g/mol. The Kier molecular flexibility index (Phi) is 8.18. The quantitative estimate of drug-likeness (QED) is 0.224. The van der Waals surface area contributed by atoms with Crippen LogP contribution in [0.5, 0.6) is 0 Å². The first-order valence-corrected chi connectivity index (χ1v) is 12.6. The van der Waals surface area contributed by atoms with Crippen LogP contribution in [0.25, 0.3) is 16.3 Å². The fraction of sp³-hybridized carbons (Fsp3) is 0.208. The lowest BCUT2D eigenvalue weighted by Gasteiger charge is -2.11. The molecule has 184 valence electrons. The van der Waals surface area contributed by atoms with Gasteiger partial charge in [0.05, 0.1) is 30.1 Å². The van der Waals surface area contributed by atoms with E-state index in [2.05, 4.69) is 44.5 Å². The first-order valence-electron chi connectivity index (χ1n) is 10.5. The van der Waals surface area contributed by atoms with Crippen LogP contribution in [0.15, 0.2) is 71.4 Å². The maximum atomic E-state index is 13.0. The van der Waals surface area contributed by atoms with Gasteiger partial charge in [0.15, 0.2) is 0 Å². The highest BCUT2D eigenvalue weighted by molar-refractivity contribution is 7.80. The van der Waals surface area contributed by atoms with Crippen LogP contribution in [-0.4, -0.2) is 45.8 Å². The molecule has 1 aliphatic heterocycles. The summed E-state index contributed by atoms with van der Waals surface area (Å²) in [5, 5.41) is 6.83. The zero-order valence-corrected chi connectivity index (χ0v) is 21.6. The molecule has 0 atom stereocenters. The Morgan fingerprint density at radius 1 is 1.14 bits per heavy atom. The van der Waals surface area contributed by atoms with Crippen molar-refractivity contribution in [2.45, 2.75) is 6.92 Å². The molecule has 0 unspecified atom stereocenters. The van der Waals surface area contributed by atoms with Crippen LogP contribution < -0.4 is 14.5 Å². The number of carbonyl (C=O) groups excluding carboxylic acids is 1. The number of hydrogen-bond donors (Lipinski definition) is 0. The van der Waals surface area contributed by atoms with Crippen LogP contribution in [0.2, 0.25) is 0 Å². The molecule has 1 amide bonds. The number of thiazole rings is 1. The number of carbonyl (C=O) groups is 1. The molecule has 1 aliphatic rings. The van der Waals surface area contributed by atoms with Crippen molar-refractivity contribution in [3.63, 3.8) is 0 Å². The SMILES string of the molecule is CC1=NN(c2sc3ccccc3[n+]2C)C(=O)C1=CC=Cc1ccc(N(C)C)cc1.COS(=O)(=O)[O-]. The monoisotopic (exact) mass is 514 g/mol. The van der Waals surface area contributed by atoms with Crippen LogP contribution in [0.1, 0.15) is 12.5 Å². The van der Waals surface area contributed by atoms with Gasteiger partial charge < -0.3 is 9.45 Å². The first-order chi connectivity index (χ1) is 16.5. The van der Waals surface area contributed by atoms with Crippen molar-refractivity contribution < 1.29 is 26.5 Å². The summed E-state index contributed by atoms with van der Waals surface area (Å²) in [5.41, 5.74) is 4.66. The highest BCUT2D eigenvalue weighted by Gasteiger charge is 2.39. The number of aromatic nitrogens is 1. The molecular weight excluding hydrogens is 488 g/mol. The number of hydrogen-bond acceptors (Lipinski definition) is 8. The number of amides is 1. The van der Waals surface area contributed by atoms with Crippen molar-refractivity contribution in [2.75, 3.05) is 31.1 Å². The van der Waals surface area contributed by atoms with E-state index >= 15 is 0 Å². The Hall–Kier alpha value is -3.38. The molecule has 0 N–H and O–H groups in total. The first kappa shape index (κ1) is 26.2. The Bertz CT molecular complexity index is 1420. The molecule has 3 aromatic rings. The predicted octanol–water partition coefficient (Wildman–Crippen LogP) is 3.25. The molecule has 35 heavy (non-hydrogen) atoms. The minimum atomic E-state index is -4.41. The molecule has 2 heterocycles. The van der Waals surface area contributed by atoms with E-state index in [9.17, 15) is 17.8 Å². The molecular formula is C24H26N4O5S2. The van der Waals surface area contributed by atoms with Gasteiger partial charge >= 0.3 is 11.0 Å². The average Bonchev–Trinajstić information content (AvgIpc) is 3.30. The number of nitrogens with zero attached hydrogens (tertiary/aromatic N) is 4. The fourth-order valence-corrected chi connectivity index (χ4v) is 4.35. The van der Waals surface area contributed by atoms with E-state index in [0.29, 0.717) is 5.57 Å². The van der Waals surface area contributed by atoms with E-state index in [4.69, 9.17) is 0 Å². The van der Waals surface area contributed by atoms with Gasteiger partial charge in [0.25, 0.3) is 0 Å². The second kappa shape index (κ2) is 10.9. The van der Waals surface area contributed by atoms with Crippen molar-refractivity contribution in [1.29, 1.82) is 0 Å². The summed E-state index contributed by atoms with van der Waals surface area (Å²) in [6.07, 6.45) is 5.74. The van der Waals surface area contributed by atoms with Gasteiger partial charge in [-0.2, -0.15) is 0 Å². The van der Waals surface area contributed by atoms with Crippen LogP contribution >= 0.6 is 11.3 Å². The molecule has 0 saturated carbocycles. The Labute approximate surface area is 208 Å². The second-order valence-corrected chi connectivity index (χ2v) is 9.87. The highest BCUT2D eigenvalue weighted by atomic mass is 32.3. The maximum absolute atomic E-state index is 13.0. The summed E-state index contributed by atoms with van der Waals surface area (Å²) in [5.74, 6) is -0.0998. The third kappa shape index (κ3) is 6.40. The Morgan fingerprint density at radius 2 is 1.77 bits per heavy atom. The van der Waals surface area contributed by atoms with Gasteiger partial charge in [-0.25, -0.2) is 17.8 Å². The summed E-state index contributed by atoms with van der Waals surface area (Å²) >= 11 is 1.57. The van der Waals surface area contributed by atoms with Crippen LogP contribution in [0.4, 0.5) is 10.8 Å². The number of para-hydroxylation sites is 1. The van der Waals surface area contributed by atoms with E-state index in [0.717, 1.165) is 39.4 Å². The summed E-state index contributed by atoms with van der Waals surface area (Å²) in [6.45, 7) is 1.87. The van der Waals surface area contributed by atoms with Gasteiger partial charge in [0, 0.05) is 19.8 Å². The van der Waals surface area contributed by atoms with Gasteiger partial charge in [-0.15, -0.1) is 0 Å². The standard InChI is InChI=1S/C23H23N4OS.CH4O4S/c1-16-19(9-7-8-17-12-14-18(15-13-17)25(2)3)22(28)27(24-16)23-26(4)20-10-5-6-11-21(20)29-23;1-5-6(2,3)4/h5-15H,1-4H3;1H3,(H,2,3,4)/q+1;/p-1. The van der Waals surface area contributed by atoms with Crippen molar-refractivity contribution in [1.82, 2.24) is 0 Å². The molecule has 0 aliphatic carbocycles. The third-order valence-electron chi connectivity index (χ3n) is 5.12. The Balaban J connectivity index is 0.000000509. The highest BCUT2D eigenvalue weighted by Crippen LogP contribution is 2.30. The van der Waals surface area contributed by atoms with Crippen molar-refractivity contribution in [2.24, 2.45) is 12.1 Å². The lowest BCUT2D eigenvalue weighted by atomic mass is 10.1. The molecule has 4 rings (SSSR count). The number of aryl methyl sites for hydroxylation is 1. The number of anilines is 2. The smallest absolute Gasteiger partial charge is 0.370 e. The van der Waals surface area contributed by atoms with Gasteiger partial charge in [-0.3, -0.25) is 4.18 Å². The molecule has 0 spiro atoms. The van der Waals surface area contributed by atoms with Gasteiger partial charge in [0.2, 0.25) is 10.4 Å². The van der Waals surface area contributed by atoms with E-state index in [1.54, 1.807) is 11.3 Å². The third-order valence-corrected chi connectivity index (χ3v) is 6.73. The normalized spacial score (nSPS) is 15.0. The van der Waals surface area contributed by atoms with Crippen molar-refractivity contribution >= 4 is 60.5 Å². The number of hydrazone groups is 1. The lowest BCUT2D eigenvalue weighted by molar-refractivity contribution is -0.627. The van der Waals surface area contributed by atoms with E-state index < -0.39 is 10.4 Å². The van der Waals surface area contributed by atoms with E-state index in [-0.39, 0.29) is 5.91 Å². The second-order valence-electron chi connectivity index (χ2n) is 7.71. The van der Waals surface area contributed by atoms with Crippen molar-refractivity contribution in [3.8, 4) is 0 Å². The molecule has 0 bridgehead atoms. The van der Waals surface area contributed by atoms with Gasteiger partial charge in [-0.05, 0) is 59.2 Å². The largest absolute Gasteiger partial charge is 0.726 e. The number of rotatable bonds is 5. The number of fused-ring (bicyclic) bond motifs is 1. The lowest BCUT2D eigenvalue weighted by Crippen LogP contribution is -2.36. The molecule has 0 saturated heterocycles. The number of allylic oxidation sites excluding steroid dienone is 2. The number of benzene rings is 2. The summed E-state index contributed by atoms with van der Waals surface area (Å²) in [4.78, 5) is 15.1. The topological polar surface area (TPSA) is 106 Å². The zero-order valence-electron chi connectivity index (χ0n) is 20.0. The summed E-state index contributed by atoms with van der Waals surface area (Å²) in [7, 11) is 2.40. The fourth-order valence-electron chi connectivity index (χ4n) is 3.25. The zero-order chi connectivity index (χ0) is 25.8. The minimum absolute atomic E-state index is 0.0998. The predicted molar refractivity (Wildman–Crippen MR) is 138 cm³/mol. The summed E-state index contributed by atoms with van der Waals surface area (Å²) in [6, 6.07) is 16.4. The van der Waals surface area contributed by atoms with Crippen molar-refractivity contribution in [3.05, 3.63) is 71.8 Å². The molecule has 0 fully saturated rings. The van der Waals surface area contributed by atoms with Crippen LogP contribution in [0, 0.1) is 0 Å². The molecule has 9 nitrogen and oxygen atoms in total. The van der Waals surface area contributed by atoms with Crippen LogP contribution in [0.3, 0.4) is 0 Å². The molecule has 11 heteroatoms. The van der Waals surface area contributed by atoms with Gasteiger partial charge in [0.1, 0.15) is 5.52 Å². The Morgan fingerprint density at radius 3 is 2.34 bits per heavy atom. The molecule has 2 aromatic carbocycles. The van der Waals surface area contributed by atoms with Crippen LogP contribution in [-0.2, 0) is 26.4 Å². The molecule has 1 aromatic heterocycles. The minimum Gasteiger partial charge on any atom is -0.726 e. The molecule has 0 radical (unpaired) electrons.